The summed E-state index contributed by atoms with van der Waals surface area (Å²) < 4.78 is 4.83. The molecule has 0 spiro atoms. The predicted octanol–water partition coefficient (Wildman–Crippen LogP) is 1.39. The number of rotatable bonds is 4. The number of benzene rings is 1. The van der Waals surface area contributed by atoms with Gasteiger partial charge < -0.3 is 9.53 Å². The van der Waals surface area contributed by atoms with E-state index in [0.29, 0.717) is 5.57 Å². The maximum atomic E-state index is 11.8. The monoisotopic (exact) mass is 278 g/mol. The van der Waals surface area contributed by atoms with E-state index in [2.05, 4.69) is 0 Å². The van der Waals surface area contributed by atoms with Crippen LogP contribution in [0.1, 0.15) is 26.3 Å². The average Bonchev–Trinajstić information content (AvgIpc) is 2.37. The maximum absolute atomic E-state index is 11.8. The Morgan fingerprint density at radius 2 is 1.74 bits per heavy atom. The Kier molecular flexibility index (Phi) is 4.66. The Balaban J connectivity index is 3.44. The molecule has 0 saturated heterocycles. The van der Waals surface area contributed by atoms with Crippen molar-refractivity contribution in [3.8, 4) is 0 Å². The minimum atomic E-state index is -1.17. The van der Waals surface area contributed by atoms with Gasteiger partial charge >= 0.3 is 11.9 Å². The number of hydrogen-bond acceptors (Lipinski definition) is 3. The van der Waals surface area contributed by atoms with E-state index in [1.165, 1.54) is 0 Å². The lowest BCUT2D eigenvalue weighted by molar-refractivity contribution is -0.145. The topological polar surface area (TPSA) is 63.6 Å². The van der Waals surface area contributed by atoms with Crippen molar-refractivity contribution in [2.75, 3.05) is 0 Å². The van der Waals surface area contributed by atoms with E-state index in [-0.39, 0.29) is 16.1 Å². The molecular formula is C14H18O4Si. The summed E-state index contributed by atoms with van der Waals surface area (Å²) in [4.78, 5) is 23.4. The molecule has 0 aromatic heterocycles. The molecule has 19 heavy (non-hydrogen) atoms. The van der Waals surface area contributed by atoms with Crippen molar-refractivity contribution in [1.82, 2.24) is 0 Å². The van der Waals surface area contributed by atoms with E-state index in [9.17, 15) is 14.7 Å². The highest BCUT2D eigenvalue weighted by atomic mass is 28.2. The second kappa shape index (κ2) is 5.84. The molecule has 1 aromatic carbocycles. The highest BCUT2D eigenvalue weighted by molar-refractivity contribution is 6.10. The van der Waals surface area contributed by atoms with Crippen LogP contribution in [0.25, 0.3) is 5.57 Å². The van der Waals surface area contributed by atoms with Gasteiger partial charge in [-0.2, -0.15) is 0 Å². The molecule has 1 rings (SSSR count). The Morgan fingerprint density at radius 3 is 2.16 bits per heavy atom. The van der Waals surface area contributed by atoms with Crippen LogP contribution in [0.3, 0.4) is 0 Å². The molecule has 0 radical (unpaired) electrons. The van der Waals surface area contributed by atoms with Crippen LogP contribution in [0.5, 0.6) is 0 Å². The van der Waals surface area contributed by atoms with Crippen molar-refractivity contribution in [2.24, 2.45) is 5.41 Å². The molecule has 5 heteroatoms. The molecule has 1 aromatic rings. The summed E-state index contributed by atoms with van der Waals surface area (Å²) in [5.74, 6) is -1.61. The van der Waals surface area contributed by atoms with Crippen molar-refractivity contribution in [1.29, 1.82) is 0 Å². The first-order chi connectivity index (χ1) is 8.82. The Hall–Kier alpha value is -1.88. The minimum absolute atomic E-state index is 0.0690. The largest absolute Gasteiger partial charge is 0.528 e. The molecule has 0 aliphatic rings. The second-order valence-corrected chi connectivity index (χ2v) is 5.20. The van der Waals surface area contributed by atoms with Crippen molar-refractivity contribution in [3.63, 3.8) is 0 Å². The number of carboxylic acids is 1. The highest BCUT2D eigenvalue weighted by Gasteiger charge is 2.38. The molecule has 4 nitrogen and oxygen atoms in total. The third-order valence-corrected chi connectivity index (χ3v) is 3.49. The first kappa shape index (κ1) is 15.2. The molecule has 102 valence electrons. The van der Waals surface area contributed by atoms with Crippen LogP contribution >= 0.6 is 0 Å². The van der Waals surface area contributed by atoms with E-state index in [1.807, 2.05) is 30.3 Å². The van der Waals surface area contributed by atoms with Crippen LogP contribution in [0.4, 0.5) is 0 Å². The van der Waals surface area contributed by atoms with E-state index in [4.69, 9.17) is 4.43 Å². The van der Waals surface area contributed by atoms with E-state index < -0.39 is 17.4 Å². The third-order valence-electron chi connectivity index (χ3n) is 3.12. The SMILES string of the molecule is CC(=C(C(=O)O)C(C)(C)C(=O)O[SiH3])c1ccccc1. The highest BCUT2D eigenvalue weighted by Crippen LogP contribution is 2.34. The average molecular weight is 278 g/mol. The molecule has 0 saturated carbocycles. The van der Waals surface area contributed by atoms with Crippen molar-refractivity contribution in [3.05, 3.63) is 41.5 Å². The summed E-state index contributed by atoms with van der Waals surface area (Å²) in [5, 5.41) is 9.43. The van der Waals surface area contributed by atoms with Crippen LogP contribution in [0.2, 0.25) is 0 Å². The Morgan fingerprint density at radius 1 is 1.21 bits per heavy atom. The smallest absolute Gasteiger partial charge is 0.333 e. The number of hydrogen-bond donors (Lipinski definition) is 1. The van der Waals surface area contributed by atoms with Gasteiger partial charge in [-0.1, -0.05) is 30.3 Å². The molecule has 0 unspecified atom stereocenters. The van der Waals surface area contributed by atoms with Gasteiger partial charge in [-0.05, 0) is 31.9 Å². The molecule has 0 aliphatic heterocycles. The fourth-order valence-corrected chi connectivity index (χ4v) is 2.60. The lowest BCUT2D eigenvalue weighted by atomic mass is 9.80. The third kappa shape index (κ3) is 3.11. The lowest BCUT2D eigenvalue weighted by Gasteiger charge is -2.25. The quantitative estimate of drug-likeness (QED) is 0.668. The standard InChI is InChI=1S/C14H18O4Si/c1-9(10-7-5-4-6-8-10)11(12(15)16)14(2,3)13(17)18-19/h4-8H,1-3,19H3,(H,15,16). The molecule has 0 fully saturated rings. The van der Waals surface area contributed by atoms with Crippen molar-refractivity contribution >= 4 is 28.0 Å². The van der Waals surface area contributed by atoms with Gasteiger partial charge in [0.15, 0.2) is 0 Å². The second-order valence-electron chi connectivity index (χ2n) is 4.79. The van der Waals surface area contributed by atoms with E-state index >= 15 is 0 Å². The van der Waals surface area contributed by atoms with Gasteiger partial charge in [0.05, 0.1) is 11.0 Å². The normalized spacial score (nSPS) is 12.8. The van der Waals surface area contributed by atoms with Gasteiger partial charge in [0.1, 0.15) is 0 Å². The molecule has 0 atom stereocenters. The zero-order valence-electron chi connectivity index (χ0n) is 11.6. The predicted molar refractivity (Wildman–Crippen MR) is 76.5 cm³/mol. The Labute approximate surface area is 115 Å². The summed E-state index contributed by atoms with van der Waals surface area (Å²) in [6.07, 6.45) is 0. The van der Waals surface area contributed by atoms with Gasteiger partial charge in [0.2, 0.25) is 10.5 Å². The number of carboxylic acid groups (broad SMARTS) is 1. The van der Waals surface area contributed by atoms with E-state index in [1.54, 1.807) is 20.8 Å². The number of allylic oxidation sites excluding steroid dienone is 1. The fraction of sp³-hybridized carbons (Fsp3) is 0.286. The van der Waals surface area contributed by atoms with Gasteiger partial charge in [-0.3, -0.25) is 4.79 Å². The summed E-state index contributed by atoms with van der Waals surface area (Å²) in [5.41, 5.74) is 0.256. The molecule has 0 amide bonds. The molecule has 0 heterocycles. The van der Waals surface area contributed by atoms with Crippen LogP contribution in [0, 0.1) is 5.41 Å². The van der Waals surface area contributed by atoms with Gasteiger partial charge in [0.25, 0.3) is 0 Å². The zero-order chi connectivity index (χ0) is 14.6. The summed E-state index contributed by atoms with van der Waals surface area (Å²) in [6, 6.07) is 9.15. The number of carbonyl (C=O) groups is 2. The minimum Gasteiger partial charge on any atom is -0.528 e. The van der Waals surface area contributed by atoms with Crippen LogP contribution in [-0.4, -0.2) is 27.5 Å². The summed E-state index contributed by atoms with van der Waals surface area (Å²) in [6.45, 7) is 4.85. The van der Waals surface area contributed by atoms with Crippen LogP contribution in [0.15, 0.2) is 35.9 Å². The molecule has 0 bridgehead atoms. The van der Waals surface area contributed by atoms with Gasteiger partial charge in [-0.15, -0.1) is 0 Å². The lowest BCUT2D eigenvalue weighted by Crippen LogP contribution is -2.32. The first-order valence-corrected chi connectivity index (χ1v) is 6.72. The van der Waals surface area contributed by atoms with Crippen LogP contribution < -0.4 is 0 Å². The number of carbonyl (C=O) groups excluding carboxylic acids is 1. The zero-order valence-corrected chi connectivity index (χ0v) is 13.6. The molecular weight excluding hydrogens is 260 g/mol. The summed E-state index contributed by atoms with van der Waals surface area (Å²) >= 11 is 0. The number of aliphatic carboxylic acids is 1. The van der Waals surface area contributed by atoms with Crippen LogP contribution in [-0.2, 0) is 14.0 Å². The molecule has 0 aliphatic carbocycles. The first-order valence-electron chi connectivity index (χ1n) is 5.90. The Bertz CT molecular complexity index is 518. The van der Waals surface area contributed by atoms with E-state index in [0.717, 1.165) is 5.56 Å². The van der Waals surface area contributed by atoms with Gasteiger partial charge in [0, 0.05) is 0 Å². The molecule has 1 N–H and O–H groups in total. The van der Waals surface area contributed by atoms with Crippen molar-refractivity contribution < 1.29 is 19.1 Å². The van der Waals surface area contributed by atoms with Gasteiger partial charge in [-0.25, -0.2) is 4.79 Å². The maximum Gasteiger partial charge on any atom is 0.333 e. The van der Waals surface area contributed by atoms with Crippen molar-refractivity contribution in [2.45, 2.75) is 20.8 Å². The fourth-order valence-electron chi connectivity index (χ4n) is 2.09. The summed E-state index contributed by atoms with van der Waals surface area (Å²) in [7, 11) is 0.246.